The molecule has 0 saturated carbocycles. The summed E-state index contributed by atoms with van der Waals surface area (Å²) < 4.78 is 37.2. The van der Waals surface area contributed by atoms with Crippen LogP contribution in [0.5, 0.6) is 0 Å². The highest BCUT2D eigenvalue weighted by Gasteiger charge is 2.45. The van der Waals surface area contributed by atoms with Crippen LogP contribution in [0.25, 0.3) is 0 Å². The number of nitrogens with zero attached hydrogens (tertiary/aromatic N) is 3. The predicted molar refractivity (Wildman–Crippen MR) is 120 cm³/mol. The first-order valence-corrected chi connectivity index (χ1v) is 12.6. The maximum absolute atomic E-state index is 14.1. The quantitative estimate of drug-likeness (QED) is 0.696. The molecule has 10 heteroatoms. The van der Waals surface area contributed by atoms with Crippen molar-refractivity contribution in [3.8, 4) is 6.07 Å². The molecule has 4 rings (SSSR count). The van der Waals surface area contributed by atoms with E-state index in [1.54, 1.807) is 24.3 Å². The van der Waals surface area contributed by atoms with Crippen LogP contribution in [-0.4, -0.2) is 54.5 Å². The zero-order valence-electron chi connectivity index (χ0n) is 18.2. The summed E-state index contributed by atoms with van der Waals surface area (Å²) >= 11 is 0. The zero-order chi connectivity index (χ0) is 23.8. The molecule has 2 N–H and O–H groups in total. The van der Waals surface area contributed by atoms with E-state index >= 15 is 0 Å². The van der Waals surface area contributed by atoms with Gasteiger partial charge in [-0.2, -0.15) is 5.26 Å². The predicted octanol–water partition coefficient (Wildman–Crippen LogP) is 1.89. The van der Waals surface area contributed by atoms with E-state index in [0.29, 0.717) is 37.1 Å². The maximum atomic E-state index is 14.1. The number of benzene rings is 1. The van der Waals surface area contributed by atoms with E-state index in [1.165, 1.54) is 18.3 Å². The number of pyridine rings is 1. The molecule has 0 radical (unpaired) electrons. The lowest BCUT2D eigenvalue weighted by Gasteiger charge is -2.32. The van der Waals surface area contributed by atoms with Crippen molar-refractivity contribution in [2.45, 2.75) is 43.9 Å². The monoisotopic (exact) mass is 472 g/mol. The van der Waals surface area contributed by atoms with E-state index in [2.05, 4.69) is 10.3 Å². The number of hydrogen-bond donors (Lipinski definition) is 2. The lowest BCUT2D eigenvalue weighted by Crippen LogP contribution is -2.41. The lowest BCUT2D eigenvalue weighted by atomic mass is 9.88. The normalized spacial score (nSPS) is 24.9. The van der Waals surface area contributed by atoms with Crippen LogP contribution in [0.15, 0.2) is 36.5 Å². The number of amides is 1. The molecule has 0 spiro atoms. The SMILES string of the molecule is C[C@@H]1N(c2ccc(C#N)c(F)c2)CC[C@@]1(O)c1ccc(C(=O)NC2CCS(=O)(=O)CC2)nc1. The van der Waals surface area contributed by atoms with Gasteiger partial charge in [-0.25, -0.2) is 12.8 Å². The molecule has 2 saturated heterocycles. The lowest BCUT2D eigenvalue weighted by molar-refractivity contribution is 0.0326. The summed E-state index contributed by atoms with van der Waals surface area (Å²) in [5, 5.41) is 23.1. The van der Waals surface area contributed by atoms with Gasteiger partial charge in [-0.05, 0) is 50.5 Å². The molecule has 2 aromatic rings. The molecule has 0 aliphatic carbocycles. The molecule has 2 aliphatic heterocycles. The van der Waals surface area contributed by atoms with Gasteiger partial charge in [0.05, 0.1) is 23.1 Å². The molecule has 2 atom stereocenters. The highest BCUT2D eigenvalue weighted by molar-refractivity contribution is 7.91. The van der Waals surface area contributed by atoms with Crippen LogP contribution in [0.4, 0.5) is 10.1 Å². The second kappa shape index (κ2) is 8.72. The number of rotatable bonds is 4. The second-order valence-corrected chi connectivity index (χ2v) is 11.0. The Bertz CT molecular complexity index is 1200. The molecule has 0 bridgehead atoms. The van der Waals surface area contributed by atoms with Crippen LogP contribution in [0.2, 0.25) is 0 Å². The first kappa shape index (κ1) is 23.1. The first-order valence-electron chi connectivity index (χ1n) is 10.8. The third-order valence-corrected chi connectivity index (χ3v) is 8.40. The van der Waals surface area contributed by atoms with E-state index in [0.717, 1.165) is 0 Å². The van der Waals surface area contributed by atoms with Crippen LogP contribution in [0.1, 0.15) is 47.8 Å². The Hall–Kier alpha value is -3.03. The number of nitriles is 1. The number of sulfone groups is 1. The van der Waals surface area contributed by atoms with Crippen molar-refractivity contribution in [1.82, 2.24) is 10.3 Å². The van der Waals surface area contributed by atoms with E-state index in [-0.39, 0.29) is 34.7 Å². The van der Waals surface area contributed by atoms with Crippen molar-refractivity contribution in [3.05, 3.63) is 59.2 Å². The minimum Gasteiger partial charge on any atom is -0.383 e. The molecule has 1 amide bonds. The van der Waals surface area contributed by atoms with Gasteiger partial charge in [0.2, 0.25) is 0 Å². The van der Waals surface area contributed by atoms with Crippen molar-refractivity contribution in [3.63, 3.8) is 0 Å². The maximum Gasteiger partial charge on any atom is 0.270 e. The first-order chi connectivity index (χ1) is 15.6. The number of carbonyl (C=O) groups is 1. The van der Waals surface area contributed by atoms with Gasteiger partial charge in [-0.15, -0.1) is 0 Å². The van der Waals surface area contributed by atoms with Gasteiger partial charge in [0.1, 0.15) is 33.0 Å². The fourth-order valence-electron chi connectivity index (χ4n) is 4.54. The number of nitrogens with one attached hydrogen (secondary N) is 1. The summed E-state index contributed by atoms with van der Waals surface area (Å²) in [5.41, 5.74) is 0.0333. The van der Waals surface area contributed by atoms with Crippen LogP contribution >= 0.6 is 0 Å². The molecule has 2 aliphatic rings. The average molecular weight is 473 g/mol. The number of hydrogen-bond acceptors (Lipinski definition) is 7. The van der Waals surface area contributed by atoms with Gasteiger partial charge >= 0.3 is 0 Å². The molecular formula is C23H25FN4O4S. The van der Waals surface area contributed by atoms with Crippen molar-refractivity contribution < 1.29 is 22.7 Å². The minimum absolute atomic E-state index is 0.0335. The van der Waals surface area contributed by atoms with Crippen LogP contribution < -0.4 is 10.2 Å². The van der Waals surface area contributed by atoms with E-state index < -0.39 is 27.3 Å². The van der Waals surface area contributed by atoms with Crippen molar-refractivity contribution >= 4 is 21.4 Å². The summed E-state index contributed by atoms with van der Waals surface area (Å²) in [6.45, 7) is 2.32. The van der Waals surface area contributed by atoms with E-state index in [4.69, 9.17) is 5.26 Å². The minimum atomic E-state index is -3.01. The smallest absolute Gasteiger partial charge is 0.270 e. The molecule has 1 aromatic carbocycles. The molecule has 8 nitrogen and oxygen atoms in total. The fraction of sp³-hybridized carbons (Fsp3) is 0.435. The number of aliphatic hydroxyl groups is 1. The molecule has 33 heavy (non-hydrogen) atoms. The van der Waals surface area contributed by atoms with Crippen LogP contribution in [-0.2, 0) is 15.4 Å². The van der Waals surface area contributed by atoms with Crippen LogP contribution in [0, 0.1) is 17.1 Å². The van der Waals surface area contributed by atoms with E-state index in [1.807, 2.05) is 11.8 Å². The summed E-state index contributed by atoms with van der Waals surface area (Å²) in [6.07, 6.45) is 2.63. The van der Waals surface area contributed by atoms with Crippen LogP contribution in [0.3, 0.4) is 0 Å². The summed E-state index contributed by atoms with van der Waals surface area (Å²) in [5.74, 6) is -0.860. The Labute approximate surface area is 192 Å². The Morgan fingerprint density at radius 1 is 1.30 bits per heavy atom. The van der Waals surface area contributed by atoms with E-state index in [9.17, 15) is 22.7 Å². The van der Waals surface area contributed by atoms with Gasteiger partial charge in [-0.1, -0.05) is 6.07 Å². The molecular weight excluding hydrogens is 447 g/mol. The average Bonchev–Trinajstić information content (AvgIpc) is 3.10. The molecule has 174 valence electrons. The largest absolute Gasteiger partial charge is 0.383 e. The highest BCUT2D eigenvalue weighted by Crippen LogP contribution is 2.40. The van der Waals surface area contributed by atoms with Gasteiger partial charge in [-0.3, -0.25) is 9.78 Å². The Balaban J connectivity index is 1.45. The molecule has 0 unspecified atom stereocenters. The Morgan fingerprint density at radius 2 is 2.03 bits per heavy atom. The van der Waals surface area contributed by atoms with Crippen molar-refractivity contribution in [2.75, 3.05) is 23.0 Å². The Morgan fingerprint density at radius 3 is 2.64 bits per heavy atom. The number of anilines is 1. The Kier molecular flexibility index (Phi) is 6.12. The second-order valence-electron chi connectivity index (χ2n) is 8.65. The summed E-state index contributed by atoms with van der Waals surface area (Å²) in [4.78, 5) is 18.6. The number of carbonyl (C=O) groups excluding carboxylic acids is 1. The third kappa shape index (κ3) is 4.56. The molecule has 3 heterocycles. The van der Waals surface area contributed by atoms with Gasteiger partial charge in [0, 0.05) is 30.0 Å². The summed E-state index contributed by atoms with van der Waals surface area (Å²) in [7, 11) is -3.01. The van der Waals surface area contributed by atoms with Crippen molar-refractivity contribution in [2.24, 2.45) is 0 Å². The molecule has 1 aromatic heterocycles. The standard InChI is InChI=1S/C23H25FN4O4S/c1-15-23(30,8-9-28(15)19-4-2-16(13-25)20(24)12-19)17-3-5-21(26-14-17)22(29)27-18-6-10-33(31,32)11-7-18/h2-5,12,14-15,18,30H,6-11H2,1H3,(H,27,29)/t15-,23-/m0/s1. The number of halogens is 1. The molecule has 2 fully saturated rings. The number of aromatic nitrogens is 1. The highest BCUT2D eigenvalue weighted by atomic mass is 32.2. The fourth-order valence-corrected chi connectivity index (χ4v) is 6.03. The summed E-state index contributed by atoms with van der Waals surface area (Å²) in [6, 6.07) is 8.78. The van der Waals surface area contributed by atoms with Gasteiger partial charge in [0.15, 0.2) is 0 Å². The third-order valence-electron chi connectivity index (χ3n) is 6.68. The van der Waals surface area contributed by atoms with Gasteiger partial charge < -0.3 is 15.3 Å². The topological polar surface area (TPSA) is 123 Å². The van der Waals surface area contributed by atoms with Crippen molar-refractivity contribution in [1.29, 1.82) is 5.26 Å². The zero-order valence-corrected chi connectivity index (χ0v) is 19.0. The van der Waals surface area contributed by atoms with Gasteiger partial charge in [0.25, 0.3) is 5.91 Å².